The first-order chi connectivity index (χ1) is 14.4. The van der Waals surface area contributed by atoms with Crippen LogP contribution in [0.25, 0.3) is 0 Å². The molecule has 1 atom stereocenters. The molecule has 3 aliphatic heterocycles. The summed E-state index contributed by atoms with van der Waals surface area (Å²) < 4.78 is 41.5. The number of anilines is 2. The zero-order chi connectivity index (χ0) is 21.0. The van der Waals surface area contributed by atoms with Crippen molar-refractivity contribution < 1.29 is 17.6 Å². The van der Waals surface area contributed by atoms with Crippen molar-refractivity contribution in [2.75, 3.05) is 42.5 Å². The molecule has 6 nitrogen and oxygen atoms in total. The fourth-order valence-electron chi connectivity index (χ4n) is 4.80. The van der Waals surface area contributed by atoms with Crippen molar-refractivity contribution in [3.8, 4) is 0 Å². The molecular formula is C22H24FN3O3S. The molecule has 3 aliphatic rings. The van der Waals surface area contributed by atoms with E-state index in [0.29, 0.717) is 32.7 Å². The number of amides is 1. The van der Waals surface area contributed by atoms with Crippen LogP contribution in [0.4, 0.5) is 15.8 Å². The van der Waals surface area contributed by atoms with Gasteiger partial charge in [-0.1, -0.05) is 0 Å². The molecule has 1 fully saturated rings. The number of halogens is 1. The standard InChI is InChI=1S/C22H24FN3O3S/c1-15-20-14-19(13-16-3-2-8-26(21(16)20)22(15)27)30(28,29)25-11-9-24(10-12-25)18-6-4-17(23)5-7-18/h4-7,13-15H,2-3,8-12H2,1H3. The van der Waals surface area contributed by atoms with E-state index in [1.807, 2.05) is 11.8 Å². The van der Waals surface area contributed by atoms with Gasteiger partial charge in [0, 0.05) is 38.4 Å². The molecular weight excluding hydrogens is 405 g/mol. The van der Waals surface area contributed by atoms with Crippen molar-refractivity contribution in [1.29, 1.82) is 0 Å². The Kier molecular flexibility index (Phi) is 4.59. The molecule has 2 aromatic rings. The highest BCUT2D eigenvalue weighted by Crippen LogP contribution is 2.44. The van der Waals surface area contributed by atoms with Crippen LogP contribution in [-0.4, -0.2) is 51.4 Å². The first-order valence-corrected chi connectivity index (χ1v) is 11.8. The number of piperazine rings is 1. The Morgan fingerprint density at radius 3 is 2.40 bits per heavy atom. The molecule has 0 aromatic heterocycles. The molecule has 0 radical (unpaired) electrons. The monoisotopic (exact) mass is 429 g/mol. The van der Waals surface area contributed by atoms with E-state index >= 15 is 0 Å². The Morgan fingerprint density at radius 2 is 1.70 bits per heavy atom. The molecule has 0 saturated carbocycles. The van der Waals surface area contributed by atoms with Gasteiger partial charge in [0.2, 0.25) is 15.9 Å². The normalized spacial score (nSPS) is 21.8. The van der Waals surface area contributed by atoms with E-state index in [2.05, 4.69) is 4.90 Å². The maximum Gasteiger partial charge on any atom is 0.243 e. The molecule has 1 unspecified atom stereocenters. The lowest BCUT2D eigenvalue weighted by atomic mass is 9.97. The quantitative estimate of drug-likeness (QED) is 0.753. The molecule has 0 N–H and O–H groups in total. The summed E-state index contributed by atoms with van der Waals surface area (Å²) in [6.07, 6.45) is 1.64. The highest BCUT2D eigenvalue weighted by Gasteiger charge is 2.39. The van der Waals surface area contributed by atoms with Crippen molar-refractivity contribution in [3.63, 3.8) is 0 Å². The Balaban J connectivity index is 1.40. The molecule has 30 heavy (non-hydrogen) atoms. The number of nitrogens with zero attached hydrogens (tertiary/aromatic N) is 3. The third-order valence-electron chi connectivity index (χ3n) is 6.46. The van der Waals surface area contributed by atoms with Crippen LogP contribution in [0.3, 0.4) is 0 Å². The van der Waals surface area contributed by atoms with Crippen molar-refractivity contribution in [1.82, 2.24) is 4.31 Å². The van der Waals surface area contributed by atoms with Crippen molar-refractivity contribution in [2.24, 2.45) is 0 Å². The van der Waals surface area contributed by atoms with E-state index in [0.717, 1.165) is 35.3 Å². The van der Waals surface area contributed by atoms with Crippen LogP contribution in [0.2, 0.25) is 0 Å². The summed E-state index contributed by atoms with van der Waals surface area (Å²) in [5.41, 5.74) is 3.61. The van der Waals surface area contributed by atoms with Gasteiger partial charge in [-0.15, -0.1) is 0 Å². The van der Waals surface area contributed by atoms with E-state index in [1.165, 1.54) is 16.4 Å². The number of hydrogen-bond acceptors (Lipinski definition) is 4. The van der Waals surface area contributed by atoms with Crippen LogP contribution in [-0.2, 0) is 21.2 Å². The summed E-state index contributed by atoms with van der Waals surface area (Å²) in [6, 6.07) is 9.73. The Hall–Kier alpha value is -2.45. The highest BCUT2D eigenvalue weighted by molar-refractivity contribution is 7.89. The van der Waals surface area contributed by atoms with E-state index in [1.54, 1.807) is 24.3 Å². The number of sulfonamides is 1. The number of rotatable bonds is 3. The maximum absolute atomic E-state index is 13.4. The molecule has 3 heterocycles. The van der Waals surface area contributed by atoms with Gasteiger partial charge in [-0.25, -0.2) is 12.8 Å². The number of hydrogen-bond donors (Lipinski definition) is 0. The Morgan fingerprint density at radius 1 is 1.00 bits per heavy atom. The second-order valence-corrected chi connectivity index (χ2v) is 10.1. The molecule has 5 rings (SSSR count). The molecule has 158 valence electrons. The lowest BCUT2D eigenvalue weighted by Gasteiger charge is -2.35. The second-order valence-electron chi connectivity index (χ2n) is 8.20. The predicted octanol–water partition coefficient (Wildman–Crippen LogP) is 2.73. The fourth-order valence-corrected chi connectivity index (χ4v) is 6.31. The van der Waals surface area contributed by atoms with Crippen molar-refractivity contribution in [3.05, 3.63) is 53.3 Å². The number of benzene rings is 2. The zero-order valence-corrected chi connectivity index (χ0v) is 17.7. The van der Waals surface area contributed by atoms with Crippen LogP contribution >= 0.6 is 0 Å². The third-order valence-corrected chi connectivity index (χ3v) is 8.34. The van der Waals surface area contributed by atoms with Gasteiger partial charge in [-0.05, 0) is 67.3 Å². The van der Waals surface area contributed by atoms with Gasteiger partial charge in [0.25, 0.3) is 0 Å². The summed E-state index contributed by atoms with van der Waals surface area (Å²) in [5.74, 6) is -0.525. The van der Waals surface area contributed by atoms with Crippen LogP contribution in [0, 0.1) is 5.82 Å². The van der Waals surface area contributed by atoms with E-state index in [4.69, 9.17) is 0 Å². The number of aryl methyl sites for hydroxylation is 1. The number of carbonyl (C=O) groups is 1. The molecule has 0 spiro atoms. The lowest BCUT2D eigenvalue weighted by Crippen LogP contribution is -2.48. The molecule has 1 amide bonds. The van der Waals surface area contributed by atoms with Crippen LogP contribution < -0.4 is 9.80 Å². The molecule has 1 saturated heterocycles. The van der Waals surface area contributed by atoms with Gasteiger partial charge in [0.15, 0.2) is 0 Å². The topological polar surface area (TPSA) is 60.9 Å². The van der Waals surface area contributed by atoms with Gasteiger partial charge in [0.05, 0.1) is 16.5 Å². The summed E-state index contributed by atoms with van der Waals surface area (Å²) in [7, 11) is -3.65. The minimum absolute atomic E-state index is 0.0633. The van der Waals surface area contributed by atoms with Crippen molar-refractivity contribution in [2.45, 2.75) is 30.6 Å². The average molecular weight is 430 g/mol. The van der Waals surface area contributed by atoms with Gasteiger partial charge in [0.1, 0.15) is 5.82 Å². The van der Waals surface area contributed by atoms with E-state index in [-0.39, 0.29) is 22.5 Å². The zero-order valence-electron chi connectivity index (χ0n) is 16.8. The summed E-state index contributed by atoms with van der Waals surface area (Å²) in [6.45, 7) is 4.39. The van der Waals surface area contributed by atoms with Crippen LogP contribution in [0.5, 0.6) is 0 Å². The smallest absolute Gasteiger partial charge is 0.243 e. The fraction of sp³-hybridized carbons (Fsp3) is 0.409. The van der Waals surface area contributed by atoms with E-state index in [9.17, 15) is 17.6 Å². The largest absolute Gasteiger partial charge is 0.369 e. The SMILES string of the molecule is CC1C(=O)N2CCCc3cc(S(=O)(=O)N4CCN(c5ccc(F)cc5)CC4)cc1c32. The Bertz CT molecular complexity index is 1110. The predicted molar refractivity (Wildman–Crippen MR) is 113 cm³/mol. The minimum Gasteiger partial charge on any atom is -0.369 e. The van der Waals surface area contributed by atoms with Crippen molar-refractivity contribution >= 4 is 27.3 Å². The van der Waals surface area contributed by atoms with Crippen LogP contribution in [0.15, 0.2) is 41.3 Å². The number of carbonyl (C=O) groups excluding carboxylic acids is 1. The molecule has 0 bridgehead atoms. The average Bonchev–Trinajstić information content (AvgIpc) is 3.01. The summed E-state index contributed by atoms with van der Waals surface area (Å²) >= 11 is 0. The van der Waals surface area contributed by atoms with Gasteiger partial charge in [-0.3, -0.25) is 4.79 Å². The first-order valence-electron chi connectivity index (χ1n) is 10.3. The maximum atomic E-state index is 13.4. The minimum atomic E-state index is -3.65. The summed E-state index contributed by atoms with van der Waals surface area (Å²) in [4.78, 5) is 16.7. The molecule has 0 aliphatic carbocycles. The highest BCUT2D eigenvalue weighted by atomic mass is 32.2. The molecule has 8 heteroatoms. The van der Waals surface area contributed by atoms with Gasteiger partial charge >= 0.3 is 0 Å². The first kappa shape index (κ1) is 19.5. The lowest BCUT2D eigenvalue weighted by molar-refractivity contribution is -0.119. The summed E-state index contributed by atoms with van der Waals surface area (Å²) in [5, 5.41) is 0. The van der Waals surface area contributed by atoms with Gasteiger partial charge < -0.3 is 9.80 Å². The molecule has 2 aromatic carbocycles. The third kappa shape index (κ3) is 3.01. The van der Waals surface area contributed by atoms with Crippen LogP contribution in [0.1, 0.15) is 30.4 Å². The Labute approximate surface area is 175 Å². The second kappa shape index (κ2) is 7.06. The van der Waals surface area contributed by atoms with Gasteiger partial charge in [-0.2, -0.15) is 4.31 Å². The van der Waals surface area contributed by atoms with E-state index < -0.39 is 10.0 Å².